The molecule has 1 aliphatic heterocycles. The summed E-state index contributed by atoms with van der Waals surface area (Å²) in [6.45, 7) is 7.99. The first-order valence-electron chi connectivity index (χ1n) is 10.8. The molecule has 0 amide bonds. The van der Waals surface area contributed by atoms with Crippen LogP contribution < -0.4 is 20.1 Å². The average Bonchev–Trinajstić information content (AvgIpc) is 2.81. The maximum atomic E-state index is 5.99. The van der Waals surface area contributed by atoms with Crippen molar-refractivity contribution in [3.63, 3.8) is 0 Å². The van der Waals surface area contributed by atoms with Crippen LogP contribution in [0.3, 0.4) is 0 Å². The molecule has 7 nitrogen and oxygen atoms in total. The molecule has 0 radical (unpaired) electrons. The number of guanidine groups is 1. The van der Waals surface area contributed by atoms with Gasteiger partial charge in [0.2, 0.25) is 0 Å². The first kappa shape index (κ1) is 26.2. The Morgan fingerprint density at radius 2 is 1.69 bits per heavy atom. The lowest BCUT2D eigenvalue weighted by atomic mass is 10.1. The number of hydrogen-bond acceptors (Lipinski definition) is 5. The van der Waals surface area contributed by atoms with Gasteiger partial charge in [0.25, 0.3) is 0 Å². The van der Waals surface area contributed by atoms with Crippen molar-refractivity contribution in [3.05, 3.63) is 59.7 Å². The standard InChI is InChI=1S/C24H34N4O3.HI/c1-19(31-23-7-5-4-6-22(23)29-3)16-26-24(25-2)27-17-20-8-10-21(11-9-20)18-28-12-14-30-15-13-28;/h4-11,19H,12-18H2,1-3H3,(H2,25,26,27);1H. The zero-order valence-electron chi connectivity index (χ0n) is 19.2. The number of hydrogen-bond donors (Lipinski definition) is 2. The molecule has 3 rings (SSSR count). The maximum absolute atomic E-state index is 5.99. The number of nitrogens with one attached hydrogen (secondary N) is 2. The molecule has 176 valence electrons. The van der Waals surface area contributed by atoms with Crippen molar-refractivity contribution in [2.24, 2.45) is 4.99 Å². The summed E-state index contributed by atoms with van der Waals surface area (Å²) in [6, 6.07) is 16.4. The van der Waals surface area contributed by atoms with Crippen LogP contribution in [0.4, 0.5) is 0 Å². The van der Waals surface area contributed by atoms with Gasteiger partial charge in [-0.1, -0.05) is 36.4 Å². The summed E-state index contributed by atoms with van der Waals surface area (Å²) in [6.07, 6.45) is -0.0469. The Morgan fingerprint density at radius 3 is 2.34 bits per heavy atom. The molecule has 32 heavy (non-hydrogen) atoms. The number of para-hydroxylation sites is 2. The molecule has 1 saturated heterocycles. The van der Waals surface area contributed by atoms with Crippen molar-refractivity contribution in [2.45, 2.75) is 26.1 Å². The number of halogens is 1. The zero-order chi connectivity index (χ0) is 21.9. The van der Waals surface area contributed by atoms with E-state index in [4.69, 9.17) is 14.2 Å². The second-order valence-electron chi connectivity index (χ2n) is 7.59. The third-order valence-electron chi connectivity index (χ3n) is 5.17. The highest BCUT2D eigenvalue weighted by atomic mass is 127. The summed E-state index contributed by atoms with van der Waals surface area (Å²) in [4.78, 5) is 6.73. The van der Waals surface area contributed by atoms with E-state index in [0.29, 0.717) is 13.1 Å². The molecule has 2 aromatic rings. The Balaban J connectivity index is 0.00000363. The van der Waals surface area contributed by atoms with Gasteiger partial charge in [0.1, 0.15) is 6.10 Å². The van der Waals surface area contributed by atoms with Gasteiger partial charge in [0, 0.05) is 33.2 Å². The van der Waals surface area contributed by atoms with Crippen molar-refractivity contribution in [2.75, 3.05) is 47.0 Å². The molecular weight excluding hydrogens is 519 g/mol. The molecule has 0 aliphatic carbocycles. The second kappa shape index (κ2) is 14.2. The van der Waals surface area contributed by atoms with E-state index in [-0.39, 0.29) is 30.1 Å². The highest BCUT2D eigenvalue weighted by Gasteiger charge is 2.11. The molecular formula is C24H35IN4O3. The second-order valence-corrected chi connectivity index (χ2v) is 7.59. The summed E-state index contributed by atoms with van der Waals surface area (Å²) in [5.41, 5.74) is 2.54. The first-order valence-corrected chi connectivity index (χ1v) is 10.8. The number of benzene rings is 2. The van der Waals surface area contributed by atoms with Gasteiger partial charge in [0.05, 0.1) is 26.9 Å². The Bertz CT molecular complexity index is 826. The normalized spacial score (nSPS) is 15.4. The van der Waals surface area contributed by atoms with Gasteiger partial charge in [-0.05, 0) is 30.2 Å². The quantitative estimate of drug-likeness (QED) is 0.282. The van der Waals surface area contributed by atoms with Crippen molar-refractivity contribution in [1.82, 2.24) is 15.5 Å². The van der Waals surface area contributed by atoms with E-state index in [1.54, 1.807) is 14.2 Å². The van der Waals surface area contributed by atoms with Gasteiger partial charge >= 0.3 is 0 Å². The van der Waals surface area contributed by atoms with Crippen molar-refractivity contribution >= 4 is 29.9 Å². The minimum absolute atomic E-state index is 0. The van der Waals surface area contributed by atoms with Crippen LogP contribution in [0.2, 0.25) is 0 Å². The van der Waals surface area contributed by atoms with Gasteiger partial charge in [-0.15, -0.1) is 24.0 Å². The lowest BCUT2D eigenvalue weighted by Crippen LogP contribution is -2.41. The zero-order valence-corrected chi connectivity index (χ0v) is 21.5. The molecule has 0 spiro atoms. The molecule has 1 unspecified atom stereocenters. The molecule has 1 heterocycles. The summed E-state index contributed by atoms with van der Waals surface area (Å²) >= 11 is 0. The third kappa shape index (κ3) is 8.48. The van der Waals surface area contributed by atoms with Crippen LogP contribution >= 0.6 is 24.0 Å². The van der Waals surface area contributed by atoms with E-state index in [0.717, 1.165) is 50.3 Å². The van der Waals surface area contributed by atoms with Crippen molar-refractivity contribution in [1.29, 1.82) is 0 Å². The van der Waals surface area contributed by atoms with Crippen LogP contribution in [0.1, 0.15) is 18.1 Å². The van der Waals surface area contributed by atoms with Crippen molar-refractivity contribution < 1.29 is 14.2 Å². The van der Waals surface area contributed by atoms with Gasteiger partial charge in [0.15, 0.2) is 17.5 Å². The molecule has 0 bridgehead atoms. The Hall–Kier alpha value is -2.04. The topological polar surface area (TPSA) is 67.4 Å². The summed E-state index contributed by atoms with van der Waals surface area (Å²) in [5, 5.41) is 6.68. The SMILES string of the molecule is CN=C(NCc1ccc(CN2CCOCC2)cc1)NCC(C)Oc1ccccc1OC.I. The van der Waals surface area contributed by atoms with Crippen LogP contribution in [0.15, 0.2) is 53.5 Å². The highest BCUT2D eigenvalue weighted by molar-refractivity contribution is 14.0. The molecule has 2 aromatic carbocycles. The first-order chi connectivity index (χ1) is 15.2. The van der Waals surface area contributed by atoms with Crippen LogP contribution in [0.25, 0.3) is 0 Å². The predicted molar refractivity (Wildman–Crippen MR) is 139 cm³/mol. The van der Waals surface area contributed by atoms with E-state index in [2.05, 4.69) is 44.8 Å². The minimum Gasteiger partial charge on any atom is -0.493 e. The smallest absolute Gasteiger partial charge is 0.191 e. The Kier molecular flexibility index (Phi) is 11.6. The number of nitrogens with zero attached hydrogens (tertiary/aromatic N) is 2. The van der Waals surface area contributed by atoms with Gasteiger partial charge < -0.3 is 24.8 Å². The lowest BCUT2D eigenvalue weighted by molar-refractivity contribution is 0.0342. The molecule has 1 fully saturated rings. The molecule has 2 N–H and O–H groups in total. The lowest BCUT2D eigenvalue weighted by Gasteiger charge is -2.26. The summed E-state index contributed by atoms with van der Waals surface area (Å²) in [7, 11) is 3.42. The molecule has 1 aliphatic rings. The predicted octanol–water partition coefficient (Wildman–Crippen LogP) is 3.28. The molecule has 0 aromatic heterocycles. The van der Waals surface area contributed by atoms with E-state index in [9.17, 15) is 0 Å². The fourth-order valence-electron chi connectivity index (χ4n) is 3.40. The van der Waals surface area contributed by atoms with E-state index < -0.39 is 0 Å². The Labute approximate surface area is 208 Å². The van der Waals surface area contributed by atoms with Crippen LogP contribution in [0, 0.1) is 0 Å². The average molecular weight is 554 g/mol. The fourth-order valence-corrected chi connectivity index (χ4v) is 3.40. The highest BCUT2D eigenvalue weighted by Crippen LogP contribution is 2.26. The molecule has 0 saturated carbocycles. The van der Waals surface area contributed by atoms with Gasteiger partial charge in [-0.3, -0.25) is 9.89 Å². The number of rotatable bonds is 9. The third-order valence-corrected chi connectivity index (χ3v) is 5.17. The minimum atomic E-state index is -0.0469. The fraction of sp³-hybridized carbons (Fsp3) is 0.458. The van der Waals surface area contributed by atoms with Crippen molar-refractivity contribution in [3.8, 4) is 11.5 Å². The van der Waals surface area contributed by atoms with E-state index in [1.807, 2.05) is 31.2 Å². The maximum Gasteiger partial charge on any atom is 0.191 e. The Morgan fingerprint density at radius 1 is 1.03 bits per heavy atom. The molecule has 1 atom stereocenters. The number of ether oxygens (including phenoxy) is 3. The molecule has 8 heteroatoms. The monoisotopic (exact) mass is 554 g/mol. The number of morpholine rings is 1. The number of aliphatic imine (C=N–C) groups is 1. The summed E-state index contributed by atoms with van der Waals surface area (Å²) in [5.74, 6) is 2.21. The van der Waals surface area contributed by atoms with E-state index >= 15 is 0 Å². The summed E-state index contributed by atoms with van der Waals surface area (Å²) < 4.78 is 16.7. The van der Waals surface area contributed by atoms with E-state index in [1.165, 1.54) is 11.1 Å². The largest absolute Gasteiger partial charge is 0.493 e. The number of methoxy groups -OCH3 is 1. The van der Waals surface area contributed by atoms with Gasteiger partial charge in [-0.2, -0.15) is 0 Å². The van der Waals surface area contributed by atoms with Crippen LogP contribution in [-0.4, -0.2) is 64.0 Å². The van der Waals surface area contributed by atoms with Gasteiger partial charge in [-0.25, -0.2) is 0 Å². The van der Waals surface area contributed by atoms with Crippen LogP contribution in [0.5, 0.6) is 11.5 Å². The van der Waals surface area contributed by atoms with Crippen LogP contribution in [-0.2, 0) is 17.8 Å².